The summed E-state index contributed by atoms with van der Waals surface area (Å²) in [5, 5.41) is 0. The maximum atomic E-state index is 12.6. The highest BCUT2D eigenvalue weighted by Crippen LogP contribution is 2.25. The van der Waals surface area contributed by atoms with Gasteiger partial charge in [0.25, 0.3) is 0 Å². The third kappa shape index (κ3) is 3.28. The highest BCUT2D eigenvalue weighted by atomic mass is 32.2. The zero-order valence-electron chi connectivity index (χ0n) is 11.6. The van der Waals surface area contributed by atoms with Gasteiger partial charge in [-0.3, -0.25) is 0 Å². The number of anilines is 1. The summed E-state index contributed by atoms with van der Waals surface area (Å²) in [7, 11) is -3.59. The molecular weight excluding hydrogens is 260 g/mol. The molecule has 0 aliphatic rings. The molecule has 5 heteroatoms. The van der Waals surface area contributed by atoms with E-state index in [2.05, 4.69) is 5.92 Å². The summed E-state index contributed by atoms with van der Waals surface area (Å²) >= 11 is 0. The van der Waals surface area contributed by atoms with Crippen molar-refractivity contribution < 1.29 is 8.42 Å². The monoisotopic (exact) mass is 280 g/mol. The van der Waals surface area contributed by atoms with Gasteiger partial charge in [-0.05, 0) is 43.5 Å². The van der Waals surface area contributed by atoms with E-state index in [1.807, 2.05) is 13.8 Å². The van der Waals surface area contributed by atoms with Gasteiger partial charge in [0.15, 0.2) is 0 Å². The SMILES string of the molecule is C#CCN(CCC)S(=O)(=O)c1cc(N)cc(C)c1C. The first-order valence-corrected chi connectivity index (χ1v) is 7.59. The van der Waals surface area contributed by atoms with Gasteiger partial charge in [-0.2, -0.15) is 4.31 Å². The lowest BCUT2D eigenvalue weighted by molar-refractivity contribution is 0.445. The fourth-order valence-corrected chi connectivity index (χ4v) is 3.67. The zero-order valence-corrected chi connectivity index (χ0v) is 12.4. The van der Waals surface area contributed by atoms with Gasteiger partial charge < -0.3 is 5.73 Å². The lowest BCUT2D eigenvalue weighted by Crippen LogP contribution is -2.32. The fourth-order valence-electron chi connectivity index (χ4n) is 1.90. The van der Waals surface area contributed by atoms with Crippen LogP contribution in [0.2, 0.25) is 0 Å². The number of nitrogens with two attached hydrogens (primary N) is 1. The summed E-state index contributed by atoms with van der Waals surface area (Å²) in [6, 6.07) is 3.26. The van der Waals surface area contributed by atoms with E-state index in [4.69, 9.17) is 12.2 Å². The summed E-state index contributed by atoms with van der Waals surface area (Å²) in [5.41, 5.74) is 7.77. The average Bonchev–Trinajstić information content (AvgIpc) is 2.33. The molecule has 0 heterocycles. The summed E-state index contributed by atoms with van der Waals surface area (Å²) < 4.78 is 26.5. The number of terminal acetylenes is 1. The van der Waals surface area contributed by atoms with Crippen LogP contribution in [-0.4, -0.2) is 25.8 Å². The Morgan fingerprint density at radius 2 is 2.00 bits per heavy atom. The van der Waals surface area contributed by atoms with Gasteiger partial charge in [0, 0.05) is 12.2 Å². The first kappa shape index (κ1) is 15.5. The highest BCUT2D eigenvalue weighted by molar-refractivity contribution is 7.89. The second-order valence-electron chi connectivity index (χ2n) is 4.50. The third-order valence-electron chi connectivity index (χ3n) is 3.00. The van der Waals surface area contributed by atoms with Crippen molar-refractivity contribution in [3.05, 3.63) is 23.3 Å². The minimum Gasteiger partial charge on any atom is -0.399 e. The van der Waals surface area contributed by atoms with Crippen LogP contribution in [0.4, 0.5) is 5.69 Å². The Kier molecular flexibility index (Phi) is 4.98. The van der Waals surface area contributed by atoms with Crippen LogP contribution >= 0.6 is 0 Å². The number of hydrogen-bond acceptors (Lipinski definition) is 3. The Hall–Kier alpha value is -1.51. The smallest absolute Gasteiger partial charge is 0.244 e. The van der Waals surface area contributed by atoms with Crippen molar-refractivity contribution in [3.63, 3.8) is 0 Å². The van der Waals surface area contributed by atoms with Crippen LogP contribution in [0.15, 0.2) is 17.0 Å². The van der Waals surface area contributed by atoms with E-state index in [0.717, 1.165) is 5.56 Å². The molecule has 0 saturated heterocycles. The third-order valence-corrected chi connectivity index (χ3v) is 4.97. The predicted molar refractivity (Wildman–Crippen MR) is 78.2 cm³/mol. The van der Waals surface area contributed by atoms with Gasteiger partial charge in [0.05, 0.1) is 11.4 Å². The van der Waals surface area contributed by atoms with Gasteiger partial charge in [-0.1, -0.05) is 12.8 Å². The topological polar surface area (TPSA) is 63.4 Å². The number of benzene rings is 1. The zero-order chi connectivity index (χ0) is 14.6. The Labute approximate surface area is 115 Å². The Bertz CT molecular complexity index is 601. The molecule has 1 rings (SSSR count). The van der Waals surface area contributed by atoms with Crippen molar-refractivity contribution in [2.24, 2.45) is 0 Å². The van der Waals surface area contributed by atoms with E-state index in [1.54, 1.807) is 13.0 Å². The van der Waals surface area contributed by atoms with Crippen molar-refractivity contribution in [3.8, 4) is 12.3 Å². The molecule has 0 spiro atoms. The predicted octanol–water partition coefficient (Wildman–Crippen LogP) is 1.92. The molecule has 0 radical (unpaired) electrons. The number of nitrogen functional groups attached to an aromatic ring is 1. The molecule has 2 N–H and O–H groups in total. The van der Waals surface area contributed by atoms with Crippen molar-refractivity contribution in [1.29, 1.82) is 0 Å². The van der Waals surface area contributed by atoms with Crippen LogP contribution in [0.3, 0.4) is 0 Å². The van der Waals surface area contributed by atoms with E-state index in [1.165, 1.54) is 10.4 Å². The van der Waals surface area contributed by atoms with Crippen molar-refractivity contribution in [2.75, 3.05) is 18.8 Å². The van der Waals surface area contributed by atoms with E-state index in [9.17, 15) is 8.42 Å². The van der Waals surface area contributed by atoms with Crippen LogP contribution < -0.4 is 5.73 Å². The molecule has 0 unspecified atom stereocenters. The molecule has 0 aromatic heterocycles. The van der Waals surface area contributed by atoms with Crippen LogP contribution in [-0.2, 0) is 10.0 Å². The van der Waals surface area contributed by atoms with Gasteiger partial charge in [-0.25, -0.2) is 8.42 Å². The molecule has 1 aromatic rings. The molecule has 19 heavy (non-hydrogen) atoms. The Balaban J connectivity index is 3.37. The fraction of sp³-hybridized carbons (Fsp3) is 0.429. The van der Waals surface area contributed by atoms with Crippen LogP contribution in [0.5, 0.6) is 0 Å². The number of rotatable bonds is 5. The highest BCUT2D eigenvalue weighted by Gasteiger charge is 2.25. The summed E-state index contributed by atoms with van der Waals surface area (Å²) in [4.78, 5) is 0.244. The first-order valence-electron chi connectivity index (χ1n) is 6.15. The minimum absolute atomic E-state index is 0.0729. The molecule has 104 valence electrons. The molecule has 0 fully saturated rings. The molecule has 0 atom stereocenters. The Morgan fingerprint density at radius 3 is 2.53 bits per heavy atom. The van der Waals surface area contributed by atoms with Crippen LogP contribution in [0, 0.1) is 26.2 Å². The van der Waals surface area contributed by atoms with Crippen LogP contribution in [0.25, 0.3) is 0 Å². The van der Waals surface area contributed by atoms with E-state index in [0.29, 0.717) is 24.2 Å². The molecule has 4 nitrogen and oxygen atoms in total. The first-order chi connectivity index (χ1) is 8.84. The molecular formula is C14H20N2O2S. The number of hydrogen-bond donors (Lipinski definition) is 1. The van der Waals surface area contributed by atoms with E-state index < -0.39 is 10.0 Å². The van der Waals surface area contributed by atoms with E-state index in [-0.39, 0.29) is 11.4 Å². The largest absolute Gasteiger partial charge is 0.399 e. The van der Waals surface area contributed by atoms with Crippen molar-refractivity contribution in [1.82, 2.24) is 4.31 Å². The normalized spacial score (nSPS) is 11.5. The quantitative estimate of drug-likeness (QED) is 0.662. The molecule has 0 aliphatic carbocycles. The minimum atomic E-state index is -3.59. The maximum Gasteiger partial charge on any atom is 0.244 e. The lowest BCUT2D eigenvalue weighted by Gasteiger charge is -2.21. The van der Waals surface area contributed by atoms with Gasteiger partial charge in [-0.15, -0.1) is 6.42 Å². The number of nitrogens with zero attached hydrogens (tertiary/aromatic N) is 1. The lowest BCUT2D eigenvalue weighted by atomic mass is 10.1. The maximum absolute atomic E-state index is 12.6. The average molecular weight is 280 g/mol. The standard InChI is InChI=1S/C14H20N2O2S/c1-5-7-16(8-6-2)19(17,18)14-10-13(15)9-11(3)12(14)4/h1,9-10H,6-8,15H2,2-4H3. The summed E-state index contributed by atoms with van der Waals surface area (Å²) in [5.74, 6) is 2.39. The summed E-state index contributed by atoms with van der Waals surface area (Å²) in [6.07, 6.45) is 5.96. The molecule has 0 bridgehead atoms. The Morgan fingerprint density at radius 1 is 1.37 bits per heavy atom. The number of aryl methyl sites for hydroxylation is 1. The van der Waals surface area contributed by atoms with Crippen LogP contribution in [0.1, 0.15) is 24.5 Å². The second-order valence-corrected chi connectivity index (χ2v) is 6.41. The molecule has 0 amide bonds. The van der Waals surface area contributed by atoms with E-state index >= 15 is 0 Å². The van der Waals surface area contributed by atoms with Gasteiger partial charge in [0.2, 0.25) is 10.0 Å². The number of sulfonamides is 1. The summed E-state index contributed by atoms with van der Waals surface area (Å²) in [6.45, 7) is 6.01. The van der Waals surface area contributed by atoms with Gasteiger partial charge >= 0.3 is 0 Å². The molecule has 0 saturated carbocycles. The molecule has 1 aromatic carbocycles. The van der Waals surface area contributed by atoms with Crippen molar-refractivity contribution >= 4 is 15.7 Å². The second kappa shape index (κ2) is 6.09. The van der Waals surface area contributed by atoms with Gasteiger partial charge in [0.1, 0.15) is 0 Å². The molecule has 0 aliphatic heterocycles. The van der Waals surface area contributed by atoms with Crippen molar-refractivity contribution in [2.45, 2.75) is 32.1 Å².